The maximum absolute atomic E-state index is 13.8. The number of carbonyl (C=O) groups excluding carboxylic acids is 1. The van der Waals surface area contributed by atoms with Gasteiger partial charge in [0.1, 0.15) is 18.3 Å². The van der Waals surface area contributed by atoms with Crippen LogP contribution in [0.15, 0.2) is 64.2 Å². The molecular formula is C20H15F4N5O2. The van der Waals surface area contributed by atoms with E-state index < -0.39 is 23.6 Å². The van der Waals surface area contributed by atoms with E-state index in [0.717, 1.165) is 11.0 Å². The first-order chi connectivity index (χ1) is 14.6. The van der Waals surface area contributed by atoms with E-state index in [1.54, 1.807) is 23.1 Å². The summed E-state index contributed by atoms with van der Waals surface area (Å²) in [4.78, 5) is 18.7. The number of amides is 2. The van der Waals surface area contributed by atoms with Gasteiger partial charge >= 0.3 is 12.2 Å². The van der Waals surface area contributed by atoms with Gasteiger partial charge in [-0.1, -0.05) is 0 Å². The highest BCUT2D eigenvalue weighted by Crippen LogP contribution is 2.35. The van der Waals surface area contributed by atoms with Gasteiger partial charge in [-0.2, -0.15) is 13.2 Å². The second-order valence-corrected chi connectivity index (χ2v) is 6.64. The number of benzene rings is 2. The summed E-state index contributed by atoms with van der Waals surface area (Å²) < 4.78 is 58.2. The fraction of sp³-hybridized carbons (Fsp3) is 0.100. The Morgan fingerprint density at radius 2 is 1.81 bits per heavy atom. The van der Waals surface area contributed by atoms with Crippen LogP contribution in [0.4, 0.5) is 39.4 Å². The highest BCUT2D eigenvalue weighted by Gasteiger charge is 2.32. The quantitative estimate of drug-likeness (QED) is 0.621. The number of hydrogen-bond donors (Lipinski definition) is 2. The van der Waals surface area contributed by atoms with E-state index in [1.807, 2.05) is 0 Å². The molecule has 2 heterocycles. The van der Waals surface area contributed by atoms with Crippen LogP contribution in [0.25, 0.3) is 5.82 Å². The minimum Gasteiger partial charge on any atom is -0.446 e. The number of carbonyl (C=O) groups is 1. The van der Waals surface area contributed by atoms with Gasteiger partial charge in [0.25, 0.3) is 0 Å². The van der Waals surface area contributed by atoms with Gasteiger partial charge in [-0.05, 0) is 48.5 Å². The number of anilines is 3. The van der Waals surface area contributed by atoms with Gasteiger partial charge < -0.3 is 20.8 Å². The molecule has 11 heteroatoms. The molecule has 7 nitrogen and oxygen atoms in total. The lowest BCUT2D eigenvalue weighted by atomic mass is 10.1. The second-order valence-electron chi connectivity index (χ2n) is 6.64. The van der Waals surface area contributed by atoms with Crippen molar-refractivity contribution in [1.82, 2.24) is 0 Å². The first-order valence-corrected chi connectivity index (χ1v) is 8.88. The third kappa shape index (κ3) is 3.77. The molecule has 0 spiro atoms. The molecule has 4 rings (SSSR count). The highest BCUT2D eigenvalue weighted by molar-refractivity contribution is 5.98. The van der Waals surface area contributed by atoms with Crippen LogP contribution in [0.3, 0.4) is 0 Å². The van der Waals surface area contributed by atoms with Crippen LogP contribution in [0.2, 0.25) is 0 Å². The Kier molecular flexibility index (Phi) is 4.80. The molecule has 0 saturated carbocycles. The number of alkyl halides is 3. The fourth-order valence-corrected chi connectivity index (χ4v) is 3.25. The van der Waals surface area contributed by atoms with E-state index >= 15 is 0 Å². The molecule has 2 amide bonds. The van der Waals surface area contributed by atoms with Crippen LogP contribution in [0.5, 0.6) is 0 Å². The average Bonchev–Trinajstić information content (AvgIpc) is 3.18. The maximum atomic E-state index is 13.8. The summed E-state index contributed by atoms with van der Waals surface area (Å²) in [7, 11) is 0. The molecule has 0 fully saturated rings. The van der Waals surface area contributed by atoms with Gasteiger partial charge in [-0.15, -0.1) is 0 Å². The second kappa shape index (κ2) is 7.35. The Balaban J connectivity index is 1.70. The molecule has 4 N–H and O–H groups in total. The smallest absolute Gasteiger partial charge is 0.416 e. The van der Waals surface area contributed by atoms with Crippen molar-refractivity contribution in [3.8, 4) is 0 Å². The predicted molar refractivity (Wildman–Crippen MR) is 104 cm³/mol. The normalized spacial score (nSPS) is 13.5. The van der Waals surface area contributed by atoms with Crippen molar-refractivity contribution in [2.75, 3.05) is 16.5 Å². The first kappa shape index (κ1) is 20.3. The Morgan fingerprint density at radius 1 is 1.10 bits per heavy atom. The number of urea groups is 1. The van der Waals surface area contributed by atoms with Gasteiger partial charge in [0.2, 0.25) is 5.55 Å². The number of primary amides is 1. The van der Waals surface area contributed by atoms with Crippen LogP contribution in [-0.2, 0) is 6.18 Å². The summed E-state index contributed by atoms with van der Waals surface area (Å²) in [6, 6.07) is 8.47. The van der Waals surface area contributed by atoms with Crippen molar-refractivity contribution in [2.45, 2.75) is 6.18 Å². The van der Waals surface area contributed by atoms with Crippen molar-refractivity contribution in [3.63, 3.8) is 0 Å². The number of nitrogens with two attached hydrogens (primary N) is 2. The zero-order chi connectivity index (χ0) is 22.3. The third-order valence-electron chi connectivity index (χ3n) is 4.68. The van der Waals surface area contributed by atoms with Crippen LogP contribution >= 0.6 is 0 Å². The van der Waals surface area contributed by atoms with E-state index in [0.29, 0.717) is 34.4 Å². The lowest BCUT2D eigenvalue weighted by molar-refractivity contribution is -0.137. The monoisotopic (exact) mass is 433 g/mol. The van der Waals surface area contributed by atoms with Crippen LogP contribution in [0, 0.1) is 5.82 Å². The summed E-state index contributed by atoms with van der Waals surface area (Å²) >= 11 is 0. The molecule has 3 aromatic rings. The van der Waals surface area contributed by atoms with Gasteiger partial charge in [-0.3, -0.25) is 4.90 Å². The molecule has 1 aromatic heterocycles. The van der Waals surface area contributed by atoms with Gasteiger partial charge in [-0.25, -0.2) is 14.2 Å². The van der Waals surface area contributed by atoms with Crippen molar-refractivity contribution in [3.05, 3.63) is 76.9 Å². The average molecular weight is 433 g/mol. The highest BCUT2D eigenvalue weighted by atomic mass is 19.4. The fourth-order valence-electron chi connectivity index (χ4n) is 3.25. The Labute approximate surface area is 172 Å². The molecule has 0 aliphatic carbocycles. The molecule has 160 valence electrons. The summed E-state index contributed by atoms with van der Waals surface area (Å²) in [5, 5.41) is 0.619. The number of halogens is 4. The van der Waals surface area contributed by atoms with Crippen LogP contribution < -0.4 is 32.0 Å². The van der Waals surface area contributed by atoms with E-state index in [2.05, 4.69) is 4.99 Å². The molecule has 1 aliphatic heterocycles. The molecule has 31 heavy (non-hydrogen) atoms. The standard InChI is InChI=1S/C20H15F4N5O2/c21-12-7-11(20(22,23)24)8-15(9-12)29(19(26)30)14-3-1-13(2-4-14)28-10-27-18-16(17(28)25)5-6-31-18/h1-9H,10,25H2,(H2,26,30). The lowest BCUT2D eigenvalue weighted by Crippen LogP contribution is -2.42. The topological polar surface area (TPSA) is 101 Å². The summed E-state index contributed by atoms with van der Waals surface area (Å²) in [6.45, 7) is 0.185. The maximum Gasteiger partial charge on any atom is 0.416 e. The Morgan fingerprint density at radius 3 is 2.45 bits per heavy atom. The number of hydrogen-bond acceptors (Lipinski definition) is 5. The molecule has 0 atom stereocenters. The lowest BCUT2D eigenvalue weighted by Gasteiger charge is -2.26. The van der Waals surface area contributed by atoms with Crippen molar-refractivity contribution in [2.24, 2.45) is 16.5 Å². The zero-order valence-corrected chi connectivity index (χ0v) is 15.7. The Bertz CT molecular complexity index is 1270. The number of furan rings is 1. The van der Waals surface area contributed by atoms with Gasteiger partial charge in [0, 0.05) is 5.69 Å². The van der Waals surface area contributed by atoms with Crippen LogP contribution in [-0.4, -0.2) is 12.7 Å². The minimum absolute atomic E-state index is 0.145. The molecule has 1 aliphatic rings. The summed E-state index contributed by atoms with van der Waals surface area (Å²) in [6.07, 6.45) is -3.33. The van der Waals surface area contributed by atoms with E-state index in [4.69, 9.17) is 15.9 Å². The van der Waals surface area contributed by atoms with Crippen molar-refractivity contribution < 1.29 is 26.8 Å². The van der Waals surface area contributed by atoms with Crippen molar-refractivity contribution in [1.29, 1.82) is 0 Å². The summed E-state index contributed by atoms with van der Waals surface area (Å²) in [5.41, 5.74) is 11.1. The molecule has 0 bridgehead atoms. The first-order valence-electron chi connectivity index (χ1n) is 8.88. The number of fused-ring (bicyclic) bond motifs is 1. The molecule has 0 unspecified atom stereocenters. The SMILES string of the molecule is NC(=O)N(c1ccc(N2CN=c3occc3=C2N)cc1)c1cc(F)cc(C(F)(F)F)c1. The van der Waals surface area contributed by atoms with E-state index in [-0.39, 0.29) is 18.0 Å². The van der Waals surface area contributed by atoms with Gasteiger partial charge in [0.15, 0.2) is 0 Å². The summed E-state index contributed by atoms with van der Waals surface area (Å²) in [5.74, 6) is -0.751. The van der Waals surface area contributed by atoms with Gasteiger partial charge in [0.05, 0.1) is 28.4 Å². The van der Waals surface area contributed by atoms with E-state index in [1.165, 1.54) is 18.4 Å². The molecule has 0 saturated heterocycles. The van der Waals surface area contributed by atoms with E-state index in [9.17, 15) is 22.4 Å². The number of rotatable bonds is 3. The predicted octanol–water partition coefficient (Wildman–Crippen LogP) is 2.78. The largest absolute Gasteiger partial charge is 0.446 e. The Hall–Kier alpha value is -4.02. The van der Waals surface area contributed by atoms with Crippen molar-refractivity contribution >= 4 is 28.9 Å². The van der Waals surface area contributed by atoms with Crippen LogP contribution in [0.1, 0.15) is 5.56 Å². The third-order valence-corrected chi connectivity index (χ3v) is 4.68. The zero-order valence-electron chi connectivity index (χ0n) is 15.7. The number of nitrogens with zero attached hydrogens (tertiary/aromatic N) is 3. The molecule has 0 radical (unpaired) electrons. The molecular weight excluding hydrogens is 418 g/mol. The molecule has 2 aromatic carbocycles. The minimum atomic E-state index is -4.79.